The molecule has 1 fully saturated rings. The summed E-state index contributed by atoms with van der Waals surface area (Å²) in [5, 5.41) is 4.84. The SMILES string of the molecule is C=C/C=C(/C(=O)NC1CCC(=O)NC1=O)C(C)(C)CN. The molecule has 1 heterocycles. The van der Waals surface area contributed by atoms with E-state index in [1.807, 2.05) is 13.8 Å². The van der Waals surface area contributed by atoms with Crippen molar-refractivity contribution in [2.24, 2.45) is 11.1 Å². The van der Waals surface area contributed by atoms with Gasteiger partial charge >= 0.3 is 0 Å². The highest BCUT2D eigenvalue weighted by Crippen LogP contribution is 2.25. The van der Waals surface area contributed by atoms with Crippen LogP contribution in [-0.2, 0) is 14.4 Å². The molecule has 0 radical (unpaired) electrons. The Kier molecular flexibility index (Phi) is 5.21. The third-order valence-corrected chi connectivity index (χ3v) is 3.31. The number of carbonyl (C=O) groups is 3. The molecule has 1 aliphatic rings. The van der Waals surface area contributed by atoms with Gasteiger partial charge in [-0.15, -0.1) is 0 Å². The lowest BCUT2D eigenvalue weighted by Crippen LogP contribution is -2.53. The summed E-state index contributed by atoms with van der Waals surface area (Å²) in [6.07, 6.45) is 3.63. The molecular formula is C14H21N3O3. The Morgan fingerprint density at radius 1 is 1.55 bits per heavy atom. The van der Waals surface area contributed by atoms with Crippen molar-refractivity contribution in [2.75, 3.05) is 6.54 Å². The highest BCUT2D eigenvalue weighted by atomic mass is 16.2. The lowest BCUT2D eigenvalue weighted by atomic mass is 9.83. The Hall–Kier alpha value is -1.95. The molecule has 0 spiro atoms. The summed E-state index contributed by atoms with van der Waals surface area (Å²) in [6.45, 7) is 7.55. The smallest absolute Gasteiger partial charge is 0.249 e. The van der Waals surface area contributed by atoms with E-state index in [4.69, 9.17) is 5.73 Å². The molecule has 0 saturated carbocycles. The molecule has 4 N–H and O–H groups in total. The van der Waals surface area contributed by atoms with Crippen molar-refractivity contribution in [3.63, 3.8) is 0 Å². The van der Waals surface area contributed by atoms with Crippen LogP contribution in [-0.4, -0.2) is 30.3 Å². The van der Waals surface area contributed by atoms with Crippen molar-refractivity contribution in [3.05, 3.63) is 24.3 Å². The maximum atomic E-state index is 12.3. The Bertz CT molecular complexity index is 466. The summed E-state index contributed by atoms with van der Waals surface area (Å²) in [4.78, 5) is 35.0. The molecule has 0 bridgehead atoms. The van der Waals surface area contributed by atoms with Crippen LogP contribution in [0.2, 0.25) is 0 Å². The Labute approximate surface area is 118 Å². The molecular weight excluding hydrogens is 258 g/mol. The van der Waals surface area contributed by atoms with Crippen LogP contribution in [0.3, 0.4) is 0 Å². The molecule has 0 aliphatic carbocycles. The minimum absolute atomic E-state index is 0.220. The van der Waals surface area contributed by atoms with E-state index < -0.39 is 17.4 Å². The number of rotatable bonds is 5. The second kappa shape index (κ2) is 6.47. The zero-order valence-corrected chi connectivity index (χ0v) is 11.9. The van der Waals surface area contributed by atoms with Gasteiger partial charge < -0.3 is 11.1 Å². The zero-order chi connectivity index (χ0) is 15.3. The van der Waals surface area contributed by atoms with Gasteiger partial charge in [-0.1, -0.05) is 32.6 Å². The van der Waals surface area contributed by atoms with Crippen molar-refractivity contribution in [3.8, 4) is 0 Å². The van der Waals surface area contributed by atoms with E-state index in [1.165, 1.54) is 6.08 Å². The molecule has 3 amide bonds. The van der Waals surface area contributed by atoms with Crippen LogP contribution >= 0.6 is 0 Å². The summed E-state index contributed by atoms with van der Waals surface area (Å²) < 4.78 is 0. The monoisotopic (exact) mass is 279 g/mol. The summed E-state index contributed by atoms with van der Waals surface area (Å²) >= 11 is 0. The summed E-state index contributed by atoms with van der Waals surface area (Å²) in [5.74, 6) is -1.15. The maximum absolute atomic E-state index is 12.3. The van der Waals surface area contributed by atoms with Crippen molar-refractivity contribution in [1.82, 2.24) is 10.6 Å². The van der Waals surface area contributed by atoms with Crippen LogP contribution < -0.4 is 16.4 Å². The molecule has 0 aromatic carbocycles. The first-order chi connectivity index (χ1) is 9.31. The van der Waals surface area contributed by atoms with Gasteiger partial charge in [-0.2, -0.15) is 0 Å². The second-order valence-electron chi connectivity index (χ2n) is 5.38. The molecule has 1 atom stereocenters. The fraction of sp³-hybridized carbons (Fsp3) is 0.500. The Morgan fingerprint density at radius 2 is 2.20 bits per heavy atom. The molecule has 110 valence electrons. The fourth-order valence-corrected chi connectivity index (χ4v) is 1.90. The van der Waals surface area contributed by atoms with E-state index in [0.29, 0.717) is 12.0 Å². The van der Waals surface area contributed by atoms with Gasteiger partial charge in [0.15, 0.2) is 0 Å². The quantitative estimate of drug-likeness (QED) is 0.375. The van der Waals surface area contributed by atoms with Gasteiger partial charge in [0.1, 0.15) is 6.04 Å². The predicted octanol–water partition coefficient (Wildman–Crippen LogP) is 0.00510. The number of hydrogen-bond acceptors (Lipinski definition) is 4. The normalized spacial score (nSPS) is 20.4. The van der Waals surface area contributed by atoms with Crippen LogP contribution in [0.1, 0.15) is 26.7 Å². The lowest BCUT2D eigenvalue weighted by Gasteiger charge is -2.28. The Balaban J connectivity index is 2.83. The highest BCUT2D eigenvalue weighted by molar-refractivity contribution is 6.03. The van der Waals surface area contributed by atoms with Crippen LogP contribution in [0.4, 0.5) is 0 Å². The van der Waals surface area contributed by atoms with Crippen LogP contribution in [0.15, 0.2) is 24.3 Å². The first-order valence-corrected chi connectivity index (χ1v) is 6.49. The lowest BCUT2D eigenvalue weighted by molar-refractivity contribution is -0.136. The van der Waals surface area contributed by atoms with Gasteiger partial charge in [0.25, 0.3) is 0 Å². The predicted molar refractivity (Wildman–Crippen MR) is 75.4 cm³/mol. The molecule has 1 saturated heterocycles. The molecule has 6 nitrogen and oxygen atoms in total. The number of nitrogens with two attached hydrogens (primary N) is 1. The number of hydrogen-bond donors (Lipinski definition) is 3. The van der Waals surface area contributed by atoms with Gasteiger partial charge in [-0.25, -0.2) is 0 Å². The first-order valence-electron chi connectivity index (χ1n) is 6.49. The van der Waals surface area contributed by atoms with Gasteiger partial charge in [-0.05, 0) is 6.42 Å². The van der Waals surface area contributed by atoms with E-state index in [9.17, 15) is 14.4 Å². The van der Waals surface area contributed by atoms with E-state index in [1.54, 1.807) is 6.08 Å². The summed E-state index contributed by atoms with van der Waals surface area (Å²) in [7, 11) is 0. The molecule has 1 unspecified atom stereocenters. The van der Waals surface area contributed by atoms with Crippen LogP contribution in [0, 0.1) is 5.41 Å². The molecule has 1 aliphatic heterocycles. The minimum atomic E-state index is -0.693. The molecule has 20 heavy (non-hydrogen) atoms. The fourth-order valence-electron chi connectivity index (χ4n) is 1.90. The van der Waals surface area contributed by atoms with Crippen molar-refractivity contribution < 1.29 is 14.4 Å². The van der Waals surface area contributed by atoms with Crippen LogP contribution in [0.5, 0.6) is 0 Å². The van der Waals surface area contributed by atoms with E-state index in [-0.39, 0.29) is 24.8 Å². The number of nitrogens with one attached hydrogen (secondary N) is 2. The average molecular weight is 279 g/mol. The van der Waals surface area contributed by atoms with E-state index in [0.717, 1.165) is 0 Å². The highest BCUT2D eigenvalue weighted by Gasteiger charge is 2.32. The largest absolute Gasteiger partial charge is 0.340 e. The second-order valence-corrected chi connectivity index (χ2v) is 5.38. The van der Waals surface area contributed by atoms with Crippen molar-refractivity contribution in [2.45, 2.75) is 32.7 Å². The number of imide groups is 1. The molecule has 6 heteroatoms. The van der Waals surface area contributed by atoms with Gasteiger partial charge in [0, 0.05) is 24.0 Å². The number of piperidine rings is 1. The third-order valence-electron chi connectivity index (χ3n) is 3.31. The summed E-state index contributed by atoms with van der Waals surface area (Å²) in [5.41, 5.74) is 5.60. The van der Waals surface area contributed by atoms with E-state index >= 15 is 0 Å². The zero-order valence-electron chi connectivity index (χ0n) is 11.9. The minimum Gasteiger partial charge on any atom is -0.340 e. The number of carbonyl (C=O) groups excluding carboxylic acids is 3. The topological polar surface area (TPSA) is 101 Å². The third kappa shape index (κ3) is 3.77. The van der Waals surface area contributed by atoms with Gasteiger partial charge in [0.05, 0.1) is 0 Å². The van der Waals surface area contributed by atoms with Gasteiger partial charge in [0.2, 0.25) is 17.7 Å². The summed E-state index contributed by atoms with van der Waals surface area (Å²) in [6, 6.07) is -0.693. The number of allylic oxidation sites excluding steroid dienone is 2. The molecule has 0 aromatic rings. The average Bonchev–Trinajstić information content (AvgIpc) is 2.39. The van der Waals surface area contributed by atoms with Crippen molar-refractivity contribution >= 4 is 17.7 Å². The van der Waals surface area contributed by atoms with Crippen LogP contribution in [0.25, 0.3) is 0 Å². The van der Waals surface area contributed by atoms with Gasteiger partial charge in [-0.3, -0.25) is 19.7 Å². The molecule has 1 rings (SSSR count). The standard InChI is InChI=1S/C14H21N3O3/c1-4-5-9(14(2,3)8-15)12(19)16-10-6-7-11(18)17-13(10)20/h4-5,10H,1,6-8,15H2,2-3H3,(H,16,19)(H,17,18,20)/b9-5-. The first kappa shape index (κ1) is 16.1. The number of amides is 3. The van der Waals surface area contributed by atoms with Crippen molar-refractivity contribution in [1.29, 1.82) is 0 Å². The Morgan fingerprint density at radius 3 is 2.70 bits per heavy atom. The maximum Gasteiger partial charge on any atom is 0.249 e. The molecule has 0 aromatic heterocycles. The van der Waals surface area contributed by atoms with E-state index in [2.05, 4.69) is 17.2 Å².